The molecule has 1 amide bonds. The highest BCUT2D eigenvalue weighted by atomic mass is 32.2. The van der Waals surface area contributed by atoms with Crippen LogP contribution in [0, 0.1) is 13.8 Å². The third-order valence-electron chi connectivity index (χ3n) is 3.41. The van der Waals surface area contributed by atoms with Crippen LogP contribution in [-0.4, -0.2) is 32.5 Å². The number of aromatic nitrogens is 1. The van der Waals surface area contributed by atoms with Gasteiger partial charge in [-0.15, -0.1) is 0 Å². The molecule has 134 valence electrons. The van der Waals surface area contributed by atoms with E-state index in [1.54, 1.807) is 37.3 Å². The Bertz CT molecular complexity index is 866. The molecular weight excluding hydrogens is 344 g/mol. The van der Waals surface area contributed by atoms with E-state index < -0.39 is 22.0 Å². The fourth-order valence-electron chi connectivity index (χ4n) is 2.33. The number of sulfonamides is 1. The standard InChI is InChI=1S/C17H20N2O5S/c1-11-9-12(2)16(14(10-11)23-4)25(21,22)19-17(20)13(3)24-15-7-5-6-8-18-15/h5-10,13H,1-4H3,(H,19,20). The Kier molecular flexibility index (Phi) is 5.63. The Labute approximate surface area is 147 Å². The second kappa shape index (κ2) is 7.52. The van der Waals surface area contributed by atoms with Crippen LogP contribution >= 0.6 is 0 Å². The summed E-state index contributed by atoms with van der Waals surface area (Å²) in [6, 6.07) is 8.28. The zero-order chi connectivity index (χ0) is 18.6. The minimum Gasteiger partial charge on any atom is -0.495 e. The number of rotatable bonds is 6. The number of carbonyl (C=O) groups excluding carboxylic acids is 1. The van der Waals surface area contributed by atoms with Gasteiger partial charge in [0.1, 0.15) is 10.6 Å². The molecular formula is C17H20N2O5S. The van der Waals surface area contributed by atoms with E-state index in [0.29, 0.717) is 5.56 Å². The maximum atomic E-state index is 12.6. The van der Waals surface area contributed by atoms with Gasteiger partial charge in [-0.1, -0.05) is 12.1 Å². The van der Waals surface area contributed by atoms with Crippen LogP contribution in [-0.2, 0) is 14.8 Å². The van der Waals surface area contributed by atoms with Gasteiger partial charge in [-0.3, -0.25) is 4.79 Å². The van der Waals surface area contributed by atoms with E-state index in [4.69, 9.17) is 9.47 Å². The predicted molar refractivity (Wildman–Crippen MR) is 92.1 cm³/mol. The first-order valence-electron chi connectivity index (χ1n) is 7.54. The van der Waals surface area contributed by atoms with E-state index in [0.717, 1.165) is 5.56 Å². The van der Waals surface area contributed by atoms with E-state index in [-0.39, 0.29) is 16.5 Å². The van der Waals surface area contributed by atoms with Crippen molar-refractivity contribution in [2.45, 2.75) is 31.8 Å². The number of nitrogens with zero attached hydrogens (tertiary/aromatic N) is 1. The van der Waals surface area contributed by atoms with Crippen LogP contribution in [0.15, 0.2) is 41.4 Å². The van der Waals surface area contributed by atoms with Gasteiger partial charge in [-0.05, 0) is 44.0 Å². The van der Waals surface area contributed by atoms with Gasteiger partial charge in [0.15, 0.2) is 6.10 Å². The maximum Gasteiger partial charge on any atom is 0.274 e. The summed E-state index contributed by atoms with van der Waals surface area (Å²) < 4.78 is 37.8. The fraction of sp³-hybridized carbons (Fsp3) is 0.294. The molecule has 1 heterocycles. The van der Waals surface area contributed by atoms with Crippen molar-refractivity contribution < 1.29 is 22.7 Å². The minimum atomic E-state index is -4.11. The van der Waals surface area contributed by atoms with Crippen LogP contribution in [0.25, 0.3) is 0 Å². The number of methoxy groups -OCH3 is 1. The van der Waals surface area contributed by atoms with Gasteiger partial charge in [-0.25, -0.2) is 18.1 Å². The molecule has 1 aromatic heterocycles. The van der Waals surface area contributed by atoms with Crippen LogP contribution in [0.3, 0.4) is 0 Å². The van der Waals surface area contributed by atoms with E-state index in [1.165, 1.54) is 20.2 Å². The predicted octanol–water partition coefficient (Wildman–Crippen LogP) is 1.98. The van der Waals surface area contributed by atoms with Crippen molar-refractivity contribution >= 4 is 15.9 Å². The quantitative estimate of drug-likeness (QED) is 0.842. The monoisotopic (exact) mass is 364 g/mol. The number of nitrogens with one attached hydrogen (secondary N) is 1. The average Bonchev–Trinajstić information content (AvgIpc) is 2.54. The van der Waals surface area contributed by atoms with E-state index >= 15 is 0 Å². The SMILES string of the molecule is COc1cc(C)cc(C)c1S(=O)(=O)NC(=O)C(C)Oc1ccccn1. The third kappa shape index (κ3) is 4.48. The summed E-state index contributed by atoms with van der Waals surface area (Å²) in [6.45, 7) is 4.91. The summed E-state index contributed by atoms with van der Waals surface area (Å²) in [5.41, 5.74) is 1.34. The number of hydrogen-bond acceptors (Lipinski definition) is 6. The van der Waals surface area contributed by atoms with Crippen LogP contribution in [0.1, 0.15) is 18.1 Å². The molecule has 1 unspecified atom stereocenters. The third-order valence-corrected chi connectivity index (χ3v) is 4.94. The summed E-state index contributed by atoms with van der Waals surface area (Å²) in [5, 5.41) is 0. The molecule has 25 heavy (non-hydrogen) atoms. The smallest absolute Gasteiger partial charge is 0.274 e. The van der Waals surface area contributed by atoms with E-state index in [9.17, 15) is 13.2 Å². The Morgan fingerprint density at radius 1 is 1.24 bits per heavy atom. The lowest BCUT2D eigenvalue weighted by Gasteiger charge is -2.17. The molecule has 0 bridgehead atoms. The van der Waals surface area contributed by atoms with Gasteiger partial charge in [0, 0.05) is 12.3 Å². The molecule has 0 aliphatic rings. The Balaban J connectivity index is 2.22. The van der Waals surface area contributed by atoms with Crippen molar-refractivity contribution in [3.63, 3.8) is 0 Å². The Hall–Kier alpha value is -2.61. The second-order valence-electron chi connectivity index (χ2n) is 5.51. The molecule has 0 radical (unpaired) electrons. The van der Waals surface area contributed by atoms with E-state index in [1.807, 2.05) is 11.6 Å². The van der Waals surface area contributed by atoms with Gasteiger partial charge in [0.25, 0.3) is 15.9 Å². The Morgan fingerprint density at radius 2 is 1.96 bits per heavy atom. The first kappa shape index (κ1) is 18.7. The number of ether oxygens (including phenoxy) is 2. The van der Waals surface area contributed by atoms with Crippen molar-refractivity contribution in [2.75, 3.05) is 7.11 Å². The topological polar surface area (TPSA) is 94.6 Å². The molecule has 0 fully saturated rings. The summed E-state index contributed by atoms with van der Waals surface area (Å²) in [5.74, 6) is -0.393. The lowest BCUT2D eigenvalue weighted by atomic mass is 10.1. The molecule has 1 atom stereocenters. The summed E-state index contributed by atoms with van der Waals surface area (Å²) in [4.78, 5) is 16.1. The summed E-state index contributed by atoms with van der Waals surface area (Å²) in [7, 11) is -2.74. The molecule has 1 aromatic carbocycles. The van der Waals surface area contributed by atoms with Crippen molar-refractivity contribution in [3.05, 3.63) is 47.7 Å². The number of hydrogen-bond donors (Lipinski definition) is 1. The second-order valence-corrected chi connectivity index (χ2v) is 7.13. The first-order valence-corrected chi connectivity index (χ1v) is 9.02. The minimum absolute atomic E-state index is 0.0704. The van der Waals surface area contributed by atoms with Gasteiger partial charge in [-0.2, -0.15) is 0 Å². The van der Waals surface area contributed by atoms with Crippen LogP contribution in [0.4, 0.5) is 0 Å². The number of amides is 1. The fourth-order valence-corrected chi connectivity index (χ4v) is 3.75. The molecule has 8 heteroatoms. The zero-order valence-corrected chi connectivity index (χ0v) is 15.3. The normalized spacial score (nSPS) is 12.3. The highest BCUT2D eigenvalue weighted by Crippen LogP contribution is 2.28. The lowest BCUT2D eigenvalue weighted by Crippen LogP contribution is -2.40. The molecule has 2 rings (SSSR count). The van der Waals surface area contributed by atoms with Crippen LogP contribution in [0.5, 0.6) is 11.6 Å². The largest absolute Gasteiger partial charge is 0.495 e. The number of pyridine rings is 1. The van der Waals surface area contributed by atoms with E-state index in [2.05, 4.69) is 4.98 Å². The van der Waals surface area contributed by atoms with Crippen molar-refractivity contribution in [1.82, 2.24) is 9.71 Å². The number of benzene rings is 1. The molecule has 0 aliphatic carbocycles. The molecule has 0 aliphatic heterocycles. The number of aryl methyl sites for hydroxylation is 2. The van der Waals surface area contributed by atoms with Gasteiger partial charge in [0.2, 0.25) is 5.88 Å². The maximum absolute atomic E-state index is 12.6. The zero-order valence-electron chi connectivity index (χ0n) is 14.4. The summed E-state index contributed by atoms with van der Waals surface area (Å²) in [6.07, 6.45) is 0.471. The van der Waals surface area contributed by atoms with Crippen LogP contribution in [0.2, 0.25) is 0 Å². The lowest BCUT2D eigenvalue weighted by molar-refractivity contribution is -0.125. The number of carbonyl (C=O) groups is 1. The average molecular weight is 364 g/mol. The van der Waals surface area contributed by atoms with Gasteiger partial charge < -0.3 is 9.47 Å². The molecule has 0 saturated carbocycles. The van der Waals surface area contributed by atoms with Crippen LogP contribution < -0.4 is 14.2 Å². The molecule has 7 nitrogen and oxygen atoms in total. The molecule has 0 spiro atoms. The highest BCUT2D eigenvalue weighted by Gasteiger charge is 2.27. The highest BCUT2D eigenvalue weighted by molar-refractivity contribution is 7.90. The van der Waals surface area contributed by atoms with Crippen molar-refractivity contribution in [3.8, 4) is 11.6 Å². The van der Waals surface area contributed by atoms with Gasteiger partial charge >= 0.3 is 0 Å². The summed E-state index contributed by atoms with van der Waals surface area (Å²) >= 11 is 0. The molecule has 1 N–H and O–H groups in total. The first-order chi connectivity index (χ1) is 11.7. The molecule has 0 saturated heterocycles. The molecule has 2 aromatic rings. The van der Waals surface area contributed by atoms with Gasteiger partial charge in [0.05, 0.1) is 7.11 Å². The van der Waals surface area contributed by atoms with Crippen molar-refractivity contribution in [1.29, 1.82) is 0 Å². The van der Waals surface area contributed by atoms with Crippen molar-refractivity contribution in [2.24, 2.45) is 0 Å². The Morgan fingerprint density at radius 3 is 2.56 bits per heavy atom.